The first-order chi connectivity index (χ1) is 8.67. The Morgan fingerprint density at radius 3 is 3.11 bits per heavy atom. The minimum absolute atomic E-state index is 0.137. The average Bonchev–Trinajstić information content (AvgIpc) is 2.91. The normalized spacial score (nSPS) is 19.7. The number of anilines is 1. The highest BCUT2D eigenvalue weighted by molar-refractivity contribution is 9.10. The van der Waals surface area contributed by atoms with Gasteiger partial charge in [-0.2, -0.15) is 0 Å². The maximum absolute atomic E-state index is 11.9. The van der Waals surface area contributed by atoms with Crippen LogP contribution in [-0.2, 0) is 4.79 Å². The number of benzene rings is 1. The molecule has 0 N–H and O–H groups in total. The van der Waals surface area contributed by atoms with Gasteiger partial charge in [0, 0.05) is 23.4 Å². The van der Waals surface area contributed by atoms with E-state index in [1.807, 2.05) is 24.3 Å². The van der Waals surface area contributed by atoms with Crippen LogP contribution in [0.5, 0.6) is 0 Å². The van der Waals surface area contributed by atoms with Crippen molar-refractivity contribution < 1.29 is 4.79 Å². The minimum atomic E-state index is 0.137. The molecule has 0 aliphatic carbocycles. The Kier molecular flexibility index (Phi) is 2.95. The molecule has 0 spiro atoms. The van der Waals surface area contributed by atoms with E-state index in [-0.39, 0.29) is 11.8 Å². The van der Waals surface area contributed by atoms with Crippen LogP contribution in [-0.4, -0.2) is 17.4 Å². The van der Waals surface area contributed by atoms with Crippen molar-refractivity contribution in [1.82, 2.24) is 4.98 Å². The van der Waals surface area contributed by atoms with E-state index in [1.165, 1.54) is 0 Å². The molecule has 1 aromatic carbocycles. The highest BCUT2D eigenvalue weighted by atomic mass is 79.9. The third-order valence-electron chi connectivity index (χ3n) is 3.06. The molecule has 1 aliphatic heterocycles. The summed E-state index contributed by atoms with van der Waals surface area (Å²) < 4.78 is 2.12. The summed E-state index contributed by atoms with van der Waals surface area (Å²) in [6, 6.07) is 5.96. The van der Waals surface area contributed by atoms with E-state index in [1.54, 1.807) is 16.2 Å². The average molecular weight is 323 g/mol. The fourth-order valence-electron chi connectivity index (χ4n) is 2.08. The summed E-state index contributed by atoms with van der Waals surface area (Å²) in [5.74, 6) is 0.384. The molecule has 3 nitrogen and oxygen atoms in total. The SMILES string of the molecule is C=CC1CC(=O)N(c2nc3ccc(Br)cc3s2)C1. The van der Waals surface area contributed by atoms with Crippen molar-refractivity contribution in [3.8, 4) is 0 Å². The smallest absolute Gasteiger partial charge is 0.229 e. The van der Waals surface area contributed by atoms with Gasteiger partial charge in [0.1, 0.15) is 0 Å². The summed E-state index contributed by atoms with van der Waals surface area (Å²) in [6.07, 6.45) is 2.39. The number of fused-ring (bicyclic) bond motifs is 1. The van der Waals surface area contributed by atoms with E-state index in [2.05, 4.69) is 27.5 Å². The van der Waals surface area contributed by atoms with Crippen LogP contribution in [0.15, 0.2) is 35.3 Å². The summed E-state index contributed by atoms with van der Waals surface area (Å²) in [5, 5.41) is 0.789. The highest BCUT2D eigenvalue weighted by Gasteiger charge is 2.30. The first-order valence-corrected chi connectivity index (χ1v) is 7.27. The number of halogens is 1. The van der Waals surface area contributed by atoms with Crippen molar-refractivity contribution in [1.29, 1.82) is 0 Å². The molecule has 1 aromatic heterocycles. The largest absolute Gasteiger partial charge is 0.287 e. The number of hydrogen-bond donors (Lipinski definition) is 0. The molecule has 2 aromatic rings. The third-order valence-corrected chi connectivity index (χ3v) is 4.59. The van der Waals surface area contributed by atoms with Crippen molar-refractivity contribution in [3.63, 3.8) is 0 Å². The number of aromatic nitrogens is 1. The lowest BCUT2D eigenvalue weighted by Gasteiger charge is -2.11. The van der Waals surface area contributed by atoms with Crippen LogP contribution in [0.25, 0.3) is 10.2 Å². The van der Waals surface area contributed by atoms with Gasteiger partial charge in [0.2, 0.25) is 5.91 Å². The fourth-order valence-corrected chi connectivity index (χ4v) is 3.62. The monoisotopic (exact) mass is 322 g/mol. The van der Waals surface area contributed by atoms with Gasteiger partial charge >= 0.3 is 0 Å². The number of carbonyl (C=O) groups excluding carboxylic acids is 1. The number of rotatable bonds is 2. The van der Waals surface area contributed by atoms with Gasteiger partial charge in [0.15, 0.2) is 5.13 Å². The van der Waals surface area contributed by atoms with Crippen molar-refractivity contribution in [2.24, 2.45) is 5.92 Å². The molecule has 1 unspecified atom stereocenters. The van der Waals surface area contributed by atoms with Crippen molar-refractivity contribution in [3.05, 3.63) is 35.3 Å². The summed E-state index contributed by atoms with van der Waals surface area (Å²) in [7, 11) is 0. The zero-order valence-corrected chi connectivity index (χ0v) is 12.0. The number of amides is 1. The molecule has 3 rings (SSSR count). The lowest BCUT2D eigenvalue weighted by Crippen LogP contribution is -2.23. The number of nitrogens with zero attached hydrogens (tertiary/aromatic N) is 2. The van der Waals surface area contributed by atoms with Gasteiger partial charge in [0.05, 0.1) is 10.2 Å². The molecule has 2 heterocycles. The standard InChI is InChI=1S/C13H11BrN2OS/c1-2-8-5-12(17)16(7-8)13-15-10-4-3-9(14)6-11(10)18-13/h2-4,6,8H,1,5,7H2. The van der Waals surface area contributed by atoms with E-state index < -0.39 is 0 Å². The van der Waals surface area contributed by atoms with Crippen LogP contribution in [0.2, 0.25) is 0 Å². The maximum Gasteiger partial charge on any atom is 0.229 e. The van der Waals surface area contributed by atoms with Gasteiger partial charge < -0.3 is 0 Å². The molecule has 1 amide bonds. The second kappa shape index (κ2) is 4.48. The fraction of sp³-hybridized carbons (Fsp3) is 0.231. The quantitative estimate of drug-likeness (QED) is 0.791. The zero-order valence-electron chi connectivity index (χ0n) is 9.60. The van der Waals surface area contributed by atoms with Gasteiger partial charge in [-0.05, 0) is 18.2 Å². The number of hydrogen-bond acceptors (Lipinski definition) is 3. The van der Waals surface area contributed by atoms with Crippen LogP contribution in [0, 0.1) is 5.92 Å². The van der Waals surface area contributed by atoms with Crippen molar-refractivity contribution in [2.45, 2.75) is 6.42 Å². The Balaban J connectivity index is 1.99. The van der Waals surface area contributed by atoms with E-state index in [0.717, 1.165) is 19.8 Å². The van der Waals surface area contributed by atoms with E-state index in [0.29, 0.717) is 13.0 Å². The molecular weight excluding hydrogens is 312 g/mol. The van der Waals surface area contributed by atoms with Crippen LogP contribution in [0.1, 0.15) is 6.42 Å². The van der Waals surface area contributed by atoms with E-state index >= 15 is 0 Å². The molecule has 1 aliphatic rings. The highest BCUT2D eigenvalue weighted by Crippen LogP contribution is 2.34. The van der Waals surface area contributed by atoms with Crippen LogP contribution >= 0.6 is 27.3 Å². The molecule has 1 saturated heterocycles. The third kappa shape index (κ3) is 1.97. The molecule has 1 fully saturated rings. The molecule has 0 radical (unpaired) electrons. The Bertz CT molecular complexity index is 637. The summed E-state index contributed by atoms with van der Waals surface area (Å²) in [4.78, 5) is 18.2. The molecular formula is C13H11BrN2OS. The van der Waals surface area contributed by atoms with Gasteiger partial charge in [-0.25, -0.2) is 4.98 Å². The molecule has 0 bridgehead atoms. The summed E-state index contributed by atoms with van der Waals surface area (Å²) in [5.41, 5.74) is 0.938. The number of thiazole rings is 1. The van der Waals surface area contributed by atoms with Gasteiger partial charge in [-0.15, -0.1) is 6.58 Å². The van der Waals surface area contributed by atoms with Crippen molar-refractivity contribution in [2.75, 3.05) is 11.4 Å². The summed E-state index contributed by atoms with van der Waals surface area (Å²) >= 11 is 5.00. The zero-order chi connectivity index (χ0) is 12.7. The molecule has 1 atom stereocenters. The Morgan fingerprint density at radius 2 is 2.39 bits per heavy atom. The van der Waals surface area contributed by atoms with Gasteiger partial charge in [-0.3, -0.25) is 9.69 Å². The lowest BCUT2D eigenvalue weighted by molar-refractivity contribution is -0.117. The second-order valence-electron chi connectivity index (χ2n) is 4.31. The van der Waals surface area contributed by atoms with Crippen LogP contribution in [0.3, 0.4) is 0 Å². The maximum atomic E-state index is 11.9. The number of carbonyl (C=O) groups is 1. The Morgan fingerprint density at radius 1 is 1.56 bits per heavy atom. The molecule has 92 valence electrons. The first kappa shape index (κ1) is 11.9. The molecule has 5 heteroatoms. The van der Waals surface area contributed by atoms with Crippen LogP contribution in [0.4, 0.5) is 5.13 Å². The molecule has 18 heavy (non-hydrogen) atoms. The van der Waals surface area contributed by atoms with E-state index in [4.69, 9.17) is 0 Å². The second-order valence-corrected chi connectivity index (χ2v) is 6.24. The Hall–Kier alpha value is -1.20. The van der Waals surface area contributed by atoms with E-state index in [9.17, 15) is 4.79 Å². The molecule has 0 saturated carbocycles. The predicted octanol–water partition coefficient (Wildman–Crippen LogP) is 3.60. The first-order valence-electron chi connectivity index (χ1n) is 5.66. The van der Waals surface area contributed by atoms with Gasteiger partial charge in [0.25, 0.3) is 0 Å². The predicted molar refractivity (Wildman–Crippen MR) is 78.0 cm³/mol. The van der Waals surface area contributed by atoms with Crippen molar-refractivity contribution >= 4 is 48.5 Å². The van der Waals surface area contributed by atoms with Crippen LogP contribution < -0.4 is 4.90 Å². The Labute approximate surface area is 117 Å². The minimum Gasteiger partial charge on any atom is -0.287 e. The topological polar surface area (TPSA) is 33.2 Å². The van der Waals surface area contributed by atoms with Gasteiger partial charge in [-0.1, -0.05) is 33.3 Å². The summed E-state index contributed by atoms with van der Waals surface area (Å²) in [6.45, 7) is 4.46. The lowest BCUT2D eigenvalue weighted by atomic mass is 10.1.